The van der Waals surface area contributed by atoms with E-state index in [1.165, 1.54) is 4.68 Å². The molecule has 0 fully saturated rings. The maximum absolute atomic E-state index is 10.7. The van der Waals surface area contributed by atoms with E-state index < -0.39 is 17.6 Å². The molecule has 0 aliphatic rings. The van der Waals surface area contributed by atoms with Gasteiger partial charge in [-0.2, -0.15) is 5.10 Å². The lowest BCUT2D eigenvalue weighted by Gasteiger charge is -2.16. The van der Waals surface area contributed by atoms with Crippen molar-refractivity contribution in [2.24, 2.45) is 18.5 Å². The Morgan fingerprint density at radius 3 is 1.94 bits per heavy atom. The van der Waals surface area contributed by atoms with Gasteiger partial charge in [0, 0.05) is 7.05 Å². The molecule has 1 aromatic heterocycles. The highest BCUT2D eigenvalue weighted by atomic mass is 16.6. The molecule has 0 saturated heterocycles. The van der Waals surface area contributed by atoms with Gasteiger partial charge in [-0.1, -0.05) is 0 Å². The zero-order valence-corrected chi connectivity index (χ0v) is 11.4. The third-order valence-corrected chi connectivity index (χ3v) is 1.76. The standard InChI is InChI=1S/C6H9N3O.C5H11NO2/c1-4-3-8-9(2)5(4)6(7)10;1-5(2,3)8-4(6)7/h3H,1-2H3,(H2,7,10);1-3H3,(H2,6,7). The van der Waals surface area contributed by atoms with E-state index >= 15 is 0 Å². The number of ether oxygens (including phenoxy) is 1. The second-order valence-corrected chi connectivity index (χ2v) is 4.70. The molecule has 1 aromatic rings. The summed E-state index contributed by atoms with van der Waals surface area (Å²) in [7, 11) is 1.69. The van der Waals surface area contributed by atoms with Gasteiger partial charge in [0.05, 0.1) is 6.20 Å². The van der Waals surface area contributed by atoms with Crippen LogP contribution in [0.3, 0.4) is 0 Å². The van der Waals surface area contributed by atoms with Crippen molar-refractivity contribution in [3.05, 3.63) is 17.5 Å². The van der Waals surface area contributed by atoms with Crippen LogP contribution in [-0.2, 0) is 11.8 Å². The molecule has 0 aliphatic heterocycles. The van der Waals surface area contributed by atoms with Gasteiger partial charge >= 0.3 is 6.09 Å². The lowest BCUT2D eigenvalue weighted by atomic mass is 10.2. The van der Waals surface area contributed by atoms with Gasteiger partial charge in [-0.05, 0) is 33.3 Å². The van der Waals surface area contributed by atoms with E-state index in [0.29, 0.717) is 5.69 Å². The van der Waals surface area contributed by atoms with Gasteiger partial charge < -0.3 is 16.2 Å². The molecule has 0 aliphatic carbocycles. The van der Waals surface area contributed by atoms with Crippen LogP contribution >= 0.6 is 0 Å². The lowest BCUT2D eigenvalue weighted by molar-refractivity contribution is 0.0600. The van der Waals surface area contributed by atoms with E-state index in [0.717, 1.165) is 5.56 Å². The van der Waals surface area contributed by atoms with Crippen molar-refractivity contribution in [2.75, 3.05) is 0 Å². The molecule has 1 rings (SSSR count). The Morgan fingerprint density at radius 1 is 1.33 bits per heavy atom. The van der Waals surface area contributed by atoms with E-state index in [1.54, 1.807) is 40.9 Å². The number of nitrogens with zero attached hydrogens (tertiary/aromatic N) is 2. The van der Waals surface area contributed by atoms with Crippen LogP contribution in [0.25, 0.3) is 0 Å². The summed E-state index contributed by atoms with van der Waals surface area (Å²) in [5, 5.41) is 3.85. The van der Waals surface area contributed by atoms with Crippen LogP contribution in [0.4, 0.5) is 4.79 Å². The summed E-state index contributed by atoms with van der Waals surface area (Å²) < 4.78 is 6.05. The number of aryl methyl sites for hydroxylation is 2. The molecule has 0 aromatic carbocycles. The molecule has 0 bridgehead atoms. The smallest absolute Gasteiger partial charge is 0.405 e. The Hall–Kier alpha value is -2.05. The van der Waals surface area contributed by atoms with Gasteiger partial charge in [-0.15, -0.1) is 0 Å². The van der Waals surface area contributed by atoms with E-state index in [1.807, 2.05) is 0 Å². The number of aromatic nitrogens is 2. The number of carbonyl (C=O) groups is 2. The maximum atomic E-state index is 10.7. The fourth-order valence-electron chi connectivity index (χ4n) is 1.20. The van der Waals surface area contributed by atoms with Crippen LogP contribution in [0.1, 0.15) is 36.8 Å². The van der Waals surface area contributed by atoms with Gasteiger partial charge in [-0.25, -0.2) is 4.79 Å². The SMILES string of the molecule is CC(C)(C)OC(N)=O.Cc1cnn(C)c1C(N)=O. The third kappa shape index (κ3) is 5.88. The Bertz CT molecular complexity index is 412. The van der Waals surface area contributed by atoms with Crippen molar-refractivity contribution < 1.29 is 14.3 Å². The Labute approximate surface area is 106 Å². The van der Waals surface area contributed by atoms with Gasteiger partial charge in [0.2, 0.25) is 0 Å². The molecular weight excluding hydrogens is 236 g/mol. The lowest BCUT2D eigenvalue weighted by Crippen LogP contribution is -2.27. The minimum absolute atomic E-state index is 0.433. The first-order valence-corrected chi connectivity index (χ1v) is 5.31. The van der Waals surface area contributed by atoms with Crippen LogP contribution in [-0.4, -0.2) is 27.4 Å². The van der Waals surface area contributed by atoms with Crippen molar-refractivity contribution >= 4 is 12.0 Å². The summed E-state index contributed by atoms with van der Waals surface area (Å²) in [4.78, 5) is 20.7. The van der Waals surface area contributed by atoms with Gasteiger partial charge in [0.1, 0.15) is 11.3 Å². The van der Waals surface area contributed by atoms with Crippen LogP contribution in [0.5, 0.6) is 0 Å². The summed E-state index contributed by atoms with van der Waals surface area (Å²) in [6.07, 6.45) is 0.887. The molecule has 1 heterocycles. The first-order chi connectivity index (χ1) is 8.04. The second-order valence-electron chi connectivity index (χ2n) is 4.70. The van der Waals surface area contributed by atoms with Crippen molar-refractivity contribution in [2.45, 2.75) is 33.3 Å². The number of amides is 2. The number of nitrogens with two attached hydrogens (primary N) is 2. The Kier molecular flexibility index (Phi) is 5.35. The average Bonchev–Trinajstić information content (AvgIpc) is 2.42. The summed E-state index contributed by atoms with van der Waals surface area (Å²) in [5.41, 5.74) is 10.6. The fourth-order valence-corrected chi connectivity index (χ4v) is 1.20. The van der Waals surface area contributed by atoms with Crippen molar-refractivity contribution in [1.82, 2.24) is 9.78 Å². The van der Waals surface area contributed by atoms with E-state index in [-0.39, 0.29) is 0 Å². The number of rotatable bonds is 1. The van der Waals surface area contributed by atoms with Gasteiger partial charge in [0.25, 0.3) is 5.91 Å². The normalized spacial score (nSPS) is 10.3. The van der Waals surface area contributed by atoms with E-state index in [2.05, 4.69) is 9.84 Å². The molecule has 0 saturated carbocycles. The molecule has 18 heavy (non-hydrogen) atoms. The second kappa shape index (κ2) is 6.04. The van der Waals surface area contributed by atoms with Crippen LogP contribution in [0.15, 0.2) is 6.20 Å². The highest BCUT2D eigenvalue weighted by Gasteiger charge is 2.12. The highest BCUT2D eigenvalue weighted by Crippen LogP contribution is 2.05. The van der Waals surface area contributed by atoms with Crippen molar-refractivity contribution in [3.8, 4) is 0 Å². The zero-order chi connectivity index (χ0) is 14.5. The summed E-state index contributed by atoms with van der Waals surface area (Å²) in [5.74, 6) is -0.433. The number of hydrogen-bond acceptors (Lipinski definition) is 4. The number of hydrogen-bond donors (Lipinski definition) is 2. The minimum Gasteiger partial charge on any atom is -0.444 e. The Morgan fingerprint density at radius 2 is 1.83 bits per heavy atom. The quantitative estimate of drug-likeness (QED) is 0.770. The Balaban J connectivity index is 0.000000331. The first-order valence-electron chi connectivity index (χ1n) is 5.31. The predicted octanol–water partition coefficient (Wildman–Crippen LogP) is 0.708. The zero-order valence-electron chi connectivity index (χ0n) is 11.4. The topological polar surface area (TPSA) is 113 Å². The highest BCUT2D eigenvalue weighted by molar-refractivity contribution is 5.92. The van der Waals surface area contributed by atoms with E-state index in [9.17, 15) is 9.59 Å². The maximum Gasteiger partial charge on any atom is 0.405 e. The van der Waals surface area contributed by atoms with Crippen LogP contribution < -0.4 is 11.5 Å². The molecular formula is C11H20N4O3. The molecule has 7 heteroatoms. The van der Waals surface area contributed by atoms with Gasteiger partial charge in [0.15, 0.2) is 0 Å². The number of carbonyl (C=O) groups excluding carboxylic acids is 2. The molecule has 0 unspecified atom stereocenters. The van der Waals surface area contributed by atoms with Crippen molar-refractivity contribution in [3.63, 3.8) is 0 Å². The van der Waals surface area contributed by atoms with E-state index in [4.69, 9.17) is 11.5 Å². The molecule has 0 spiro atoms. The molecule has 4 N–H and O–H groups in total. The molecule has 0 radical (unpaired) electrons. The minimum atomic E-state index is -0.725. The third-order valence-electron chi connectivity index (χ3n) is 1.76. The molecule has 102 valence electrons. The van der Waals surface area contributed by atoms with Crippen LogP contribution in [0, 0.1) is 6.92 Å². The van der Waals surface area contributed by atoms with Crippen molar-refractivity contribution in [1.29, 1.82) is 0 Å². The van der Waals surface area contributed by atoms with Crippen LogP contribution in [0.2, 0.25) is 0 Å². The van der Waals surface area contributed by atoms with Gasteiger partial charge in [-0.3, -0.25) is 9.48 Å². The first kappa shape index (κ1) is 16.0. The summed E-state index contributed by atoms with van der Waals surface area (Å²) in [6, 6.07) is 0. The summed E-state index contributed by atoms with van der Waals surface area (Å²) in [6.45, 7) is 7.08. The molecule has 0 atom stereocenters. The largest absolute Gasteiger partial charge is 0.444 e. The summed E-state index contributed by atoms with van der Waals surface area (Å²) >= 11 is 0. The monoisotopic (exact) mass is 256 g/mol. The number of primary amides is 2. The fraction of sp³-hybridized carbons (Fsp3) is 0.545. The molecule has 7 nitrogen and oxygen atoms in total. The average molecular weight is 256 g/mol. The predicted molar refractivity (Wildman–Crippen MR) is 66.9 cm³/mol. The molecule has 2 amide bonds.